The van der Waals surface area contributed by atoms with E-state index in [0.29, 0.717) is 24.3 Å². The SMILES string of the molecule is Nc1ncc(-c2cc(N3CC4CC3CO4)nc(N3CC4CC3CO4)n2)cn1. The molecule has 4 bridgehead atoms. The Morgan fingerprint density at radius 2 is 1.59 bits per heavy atom. The van der Waals surface area contributed by atoms with Crippen molar-refractivity contribution >= 4 is 17.7 Å². The van der Waals surface area contributed by atoms with Crippen molar-refractivity contribution in [2.45, 2.75) is 37.1 Å². The summed E-state index contributed by atoms with van der Waals surface area (Å²) in [6.45, 7) is 3.25. The molecule has 27 heavy (non-hydrogen) atoms. The summed E-state index contributed by atoms with van der Waals surface area (Å²) in [5.41, 5.74) is 7.31. The van der Waals surface area contributed by atoms with Crippen LogP contribution in [0, 0.1) is 0 Å². The van der Waals surface area contributed by atoms with Crippen molar-refractivity contribution in [1.29, 1.82) is 0 Å². The van der Waals surface area contributed by atoms with Crippen LogP contribution in [0.4, 0.5) is 17.7 Å². The smallest absolute Gasteiger partial charge is 0.228 e. The Morgan fingerprint density at radius 1 is 0.926 bits per heavy atom. The van der Waals surface area contributed by atoms with Gasteiger partial charge in [0.05, 0.1) is 43.2 Å². The van der Waals surface area contributed by atoms with Gasteiger partial charge in [0.2, 0.25) is 11.9 Å². The summed E-state index contributed by atoms with van der Waals surface area (Å²) in [5.74, 6) is 1.97. The minimum atomic E-state index is 0.260. The lowest BCUT2D eigenvalue weighted by molar-refractivity contribution is 0.0982. The van der Waals surface area contributed by atoms with E-state index in [4.69, 9.17) is 25.2 Å². The quantitative estimate of drug-likeness (QED) is 0.829. The maximum absolute atomic E-state index is 5.76. The summed E-state index contributed by atoms with van der Waals surface area (Å²) < 4.78 is 11.5. The average Bonchev–Trinajstić information content (AvgIpc) is 3.49. The number of hydrogen-bond donors (Lipinski definition) is 1. The van der Waals surface area contributed by atoms with Crippen LogP contribution in [0.5, 0.6) is 0 Å². The van der Waals surface area contributed by atoms with E-state index in [1.165, 1.54) is 0 Å². The molecule has 9 heteroatoms. The molecule has 4 unspecified atom stereocenters. The molecule has 0 spiro atoms. The summed E-state index contributed by atoms with van der Waals surface area (Å²) in [4.78, 5) is 22.7. The highest BCUT2D eigenvalue weighted by Gasteiger charge is 2.42. The number of morpholine rings is 2. The third kappa shape index (κ3) is 2.53. The van der Waals surface area contributed by atoms with Crippen LogP contribution in [0.3, 0.4) is 0 Å². The topological polar surface area (TPSA) is 103 Å². The molecule has 140 valence electrons. The molecule has 2 aromatic heterocycles. The molecule has 4 atom stereocenters. The maximum atomic E-state index is 5.76. The van der Waals surface area contributed by atoms with Crippen LogP contribution in [-0.4, -0.2) is 70.5 Å². The lowest BCUT2D eigenvalue weighted by Gasteiger charge is -2.31. The molecule has 4 aliphatic heterocycles. The zero-order valence-electron chi connectivity index (χ0n) is 14.9. The standard InChI is InChI=1S/C18H21N7O2/c19-17-20-4-10(5-21-17)15-3-16(24-6-13-1-11(24)8-26-13)23-18(22-15)25-7-14-2-12(25)9-27-14/h3-5,11-14H,1-2,6-9H2,(H2,19,20,21). The molecule has 4 fully saturated rings. The largest absolute Gasteiger partial charge is 0.374 e. The Kier molecular flexibility index (Phi) is 3.30. The molecule has 4 aliphatic rings. The monoisotopic (exact) mass is 367 g/mol. The van der Waals surface area contributed by atoms with E-state index in [9.17, 15) is 0 Å². The summed E-state index contributed by atoms with van der Waals surface area (Å²) >= 11 is 0. The third-order valence-electron chi connectivity index (χ3n) is 6.02. The van der Waals surface area contributed by atoms with Crippen molar-refractivity contribution in [1.82, 2.24) is 19.9 Å². The Hall–Kier alpha value is -2.52. The second-order valence-electron chi connectivity index (χ2n) is 7.74. The fourth-order valence-electron chi connectivity index (χ4n) is 4.64. The van der Waals surface area contributed by atoms with E-state index in [2.05, 4.69) is 19.8 Å². The van der Waals surface area contributed by atoms with Crippen molar-refractivity contribution in [2.75, 3.05) is 41.8 Å². The number of nitrogens with two attached hydrogens (primary N) is 1. The molecule has 2 N–H and O–H groups in total. The molecule has 0 aromatic carbocycles. The van der Waals surface area contributed by atoms with E-state index < -0.39 is 0 Å². The number of fused-ring (bicyclic) bond motifs is 4. The first-order chi connectivity index (χ1) is 13.2. The van der Waals surface area contributed by atoms with Crippen molar-refractivity contribution in [3.63, 3.8) is 0 Å². The van der Waals surface area contributed by atoms with Crippen molar-refractivity contribution in [2.24, 2.45) is 0 Å². The van der Waals surface area contributed by atoms with Crippen LogP contribution in [0.1, 0.15) is 12.8 Å². The van der Waals surface area contributed by atoms with Crippen LogP contribution in [0.25, 0.3) is 11.3 Å². The van der Waals surface area contributed by atoms with Gasteiger partial charge in [-0.05, 0) is 12.8 Å². The number of nitrogens with zero attached hydrogens (tertiary/aromatic N) is 6. The maximum Gasteiger partial charge on any atom is 0.228 e. The Morgan fingerprint density at radius 3 is 2.19 bits per heavy atom. The van der Waals surface area contributed by atoms with E-state index in [1.54, 1.807) is 12.4 Å². The predicted molar refractivity (Wildman–Crippen MR) is 98.5 cm³/mol. The lowest BCUT2D eigenvalue weighted by Crippen LogP contribution is -2.40. The van der Waals surface area contributed by atoms with Crippen LogP contribution < -0.4 is 15.5 Å². The van der Waals surface area contributed by atoms with Gasteiger partial charge in [-0.3, -0.25) is 0 Å². The van der Waals surface area contributed by atoms with Crippen LogP contribution in [0.2, 0.25) is 0 Å². The first-order valence-electron chi connectivity index (χ1n) is 9.46. The summed E-state index contributed by atoms with van der Waals surface area (Å²) in [5, 5.41) is 0. The van der Waals surface area contributed by atoms with Gasteiger partial charge in [-0.25, -0.2) is 15.0 Å². The van der Waals surface area contributed by atoms with E-state index in [0.717, 1.165) is 62.2 Å². The summed E-state index contributed by atoms with van der Waals surface area (Å²) in [7, 11) is 0. The minimum Gasteiger partial charge on any atom is -0.374 e. The molecule has 0 saturated carbocycles. The molecule has 2 aromatic rings. The van der Waals surface area contributed by atoms with Crippen LogP contribution >= 0.6 is 0 Å². The van der Waals surface area contributed by atoms with Gasteiger partial charge in [0.25, 0.3) is 0 Å². The Bertz CT molecular complexity index is 830. The number of ether oxygens (including phenoxy) is 2. The van der Waals surface area contributed by atoms with Gasteiger partial charge in [0.1, 0.15) is 5.82 Å². The number of aromatic nitrogens is 4. The zero-order chi connectivity index (χ0) is 18.0. The Labute approximate surface area is 156 Å². The van der Waals surface area contributed by atoms with Gasteiger partial charge in [0, 0.05) is 37.1 Å². The molecule has 4 saturated heterocycles. The molecule has 6 rings (SSSR count). The molecule has 0 amide bonds. The van der Waals surface area contributed by atoms with Gasteiger partial charge in [-0.1, -0.05) is 0 Å². The van der Waals surface area contributed by atoms with Crippen LogP contribution in [-0.2, 0) is 9.47 Å². The third-order valence-corrected chi connectivity index (χ3v) is 6.02. The fraction of sp³-hybridized carbons (Fsp3) is 0.556. The van der Waals surface area contributed by atoms with Gasteiger partial charge in [-0.15, -0.1) is 0 Å². The van der Waals surface area contributed by atoms with Gasteiger partial charge >= 0.3 is 0 Å². The predicted octanol–water partition coefficient (Wildman–Crippen LogP) is 0.471. The van der Waals surface area contributed by atoms with Crippen LogP contribution in [0.15, 0.2) is 18.5 Å². The molecule has 6 heterocycles. The number of hydrogen-bond acceptors (Lipinski definition) is 9. The second-order valence-corrected chi connectivity index (χ2v) is 7.74. The molecule has 9 nitrogen and oxygen atoms in total. The van der Waals surface area contributed by atoms with E-state index in [-0.39, 0.29) is 5.95 Å². The molecule has 0 aliphatic carbocycles. The average molecular weight is 367 g/mol. The second kappa shape index (κ2) is 5.74. The molecular formula is C18H21N7O2. The zero-order valence-corrected chi connectivity index (χ0v) is 14.9. The number of nitrogen functional groups attached to an aromatic ring is 1. The first kappa shape index (κ1) is 15.5. The minimum absolute atomic E-state index is 0.260. The number of rotatable bonds is 3. The highest BCUT2D eigenvalue weighted by Crippen LogP contribution is 2.36. The highest BCUT2D eigenvalue weighted by molar-refractivity contribution is 5.65. The summed E-state index contributed by atoms with van der Waals surface area (Å²) in [6, 6.07) is 2.79. The van der Waals surface area contributed by atoms with Gasteiger partial charge in [-0.2, -0.15) is 4.98 Å². The number of anilines is 3. The van der Waals surface area contributed by atoms with E-state index in [1.807, 2.05) is 6.07 Å². The molecular weight excluding hydrogens is 346 g/mol. The highest BCUT2D eigenvalue weighted by atomic mass is 16.5. The van der Waals surface area contributed by atoms with Crippen molar-refractivity contribution in [3.8, 4) is 11.3 Å². The van der Waals surface area contributed by atoms with Crippen molar-refractivity contribution in [3.05, 3.63) is 18.5 Å². The van der Waals surface area contributed by atoms with E-state index >= 15 is 0 Å². The van der Waals surface area contributed by atoms with Gasteiger partial charge in [0.15, 0.2) is 0 Å². The lowest BCUT2D eigenvalue weighted by atomic mass is 10.2. The van der Waals surface area contributed by atoms with Gasteiger partial charge < -0.3 is 25.0 Å². The first-order valence-corrected chi connectivity index (χ1v) is 9.46. The summed E-state index contributed by atoms with van der Waals surface area (Å²) in [6.07, 6.45) is 6.17. The van der Waals surface area contributed by atoms with Crippen molar-refractivity contribution < 1.29 is 9.47 Å². The fourth-order valence-corrected chi connectivity index (χ4v) is 4.64. The normalized spacial score (nSPS) is 31.3. The molecule has 0 radical (unpaired) electrons. The Balaban J connectivity index is 1.42.